The summed E-state index contributed by atoms with van der Waals surface area (Å²) in [5, 5.41) is 1.70. The molecule has 0 unspecified atom stereocenters. The van der Waals surface area contributed by atoms with E-state index >= 15 is 0 Å². The van der Waals surface area contributed by atoms with Crippen molar-refractivity contribution in [2.75, 3.05) is 0 Å². The molecule has 136 valence electrons. The van der Waals surface area contributed by atoms with Crippen molar-refractivity contribution in [2.24, 2.45) is 0 Å². The lowest BCUT2D eigenvalue weighted by atomic mass is 10.2. The van der Waals surface area contributed by atoms with Crippen LogP contribution in [0.1, 0.15) is 16.3 Å². The van der Waals surface area contributed by atoms with E-state index in [9.17, 15) is 0 Å². The third kappa shape index (κ3) is 4.08. The number of benzene rings is 1. The van der Waals surface area contributed by atoms with Crippen molar-refractivity contribution in [3.8, 4) is 11.6 Å². The summed E-state index contributed by atoms with van der Waals surface area (Å²) in [6, 6.07) is 11.5. The fraction of sp³-hybridized carbons (Fsp3) is 0.150. The Kier molecular flexibility index (Phi) is 5.29. The molecule has 3 heterocycles. The van der Waals surface area contributed by atoms with Crippen LogP contribution in [0.5, 0.6) is 11.6 Å². The molecule has 4 rings (SSSR count). The second kappa shape index (κ2) is 7.84. The van der Waals surface area contributed by atoms with Gasteiger partial charge in [-0.3, -0.25) is 4.98 Å². The molecular formula is C20H16ClN3OS2. The number of fused-ring (bicyclic) bond motifs is 1. The maximum absolute atomic E-state index is 6.06. The molecular weight excluding hydrogens is 398 g/mol. The number of hydrogen-bond donors (Lipinski definition) is 0. The average Bonchev–Trinajstić information content (AvgIpc) is 2.96. The fourth-order valence-corrected chi connectivity index (χ4v) is 4.51. The van der Waals surface area contributed by atoms with Gasteiger partial charge in [0.15, 0.2) is 0 Å². The van der Waals surface area contributed by atoms with E-state index in [1.165, 1.54) is 4.88 Å². The zero-order valence-corrected chi connectivity index (χ0v) is 17.2. The van der Waals surface area contributed by atoms with Crippen LogP contribution in [0.2, 0.25) is 5.02 Å². The minimum absolute atomic E-state index is 0.585. The molecule has 4 aromatic rings. The summed E-state index contributed by atoms with van der Waals surface area (Å²) < 4.78 is 6.06. The first-order chi connectivity index (χ1) is 13.1. The van der Waals surface area contributed by atoms with Gasteiger partial charge in [-0.2, -0.15) is 4.98 Å². The number of thiophene rings is 1. The number of nitrogens with zero attached hydrogens (tertiary/aromatic N) is 3. The average molecular weight is 414 g/mol. The van der Waals surface area contributed by atoms with Crippen LogP contribution in [0.3, 0.4) is 0 Å². The molecule has 0 aliphatic carbocycles. The molecule has 27 heavy (non-hydrogen) atoms. The van der Waals surface area contributed by atoms with E-state index in [2.05, 4.69) is 18.8 Å². The predicted molar refractivity (Wildman–Crippen MR) is 112 cm³/mol. The first-order valence-corrected chi connectivity index (χ1v) is 10.5. The summed E-state index contributed by atoms with van der Waals surface area (Å²) in [6.07, 6.45) is 3.40. The number of aromatic nitrogens is 3. The Morgan fingerprint density at radius 3 is 2.67 bits per heavy atom. The van der Waals surface area contributed by atoms with Gasteiger partial charge in [0.25, 0.3) is 0 Å². The van der Waals surface area contributed by atoms with Crippen LogP contribution >= 0.6 is 34.7 Å². The Bertz CT molecular complexity index is 1080. The number of pyridine rings is 1. The molecule has 7 heteroatoms. The monoisotopic (exact) mass is 413 g/mol. The van der Waals surface area contributed by atoms with Gasteiger partial charge >= 0.3 is 0 Å². The van der Waals surface area contributed by atoms with Gasteiger partial charge in [0.1, 0.15) is 16.4 Å². The number of hydrogen-bond acceptors (Lipinski definition) is 6. The van der Waals surface area contributed by atoms with Crippen LogP contribution in [0, 0.1) is 13.8 Å². The molecule has 0 radical (unpaired) electrons. The third-order valence-electron chi connectivity index (χ3n) is 4.07. The molecule has 0 saturated carbocycles. The van der Waals surface area contributed by atoms with Crippen LogP contribution in [-0.2, 0) is 5.75 Å². The van der Waals surface area contributed by atoms with E-state index in [0.29, 0.717) is 17.4 Å². The molecule has 0 atom stereocenters. The van der Waals surface area contributed by atoms with Gasteiger partial charge in [-0.25, -0.2) is 4.98 Å². The van der Waals surface area contributed by atoms with E-state index in [-0.39, 0.29) is 0 Å². The van der Waals surface area contributed by atoms with Crippen LogP contribution in [0.25, 0.3) is 10.2 Å². The molecule has 3 aromatic heterocycles. The molecule has 0 saturated heterocycles. The molecule has 0 aliphatic rings. The second-order valence-corrected chi connectivity index (χ2v) is 8.63. The number of ether oxygens (including phenoxy) is 1. The highest BCUT2D eigenvalue weighted by molar-refractivity contribution is 7.98. The topological polar surface area (TPSA) is 47.9 Å². The SMILES string of the molecule is Cc1sc2nc(CSc3ccc(Cl)cc3)nc(Oc3cccnc3)c2c1C. The molecule has 0 bridgehead atoms. The van der Waals surface area contributed by atoms with Gasteiger partial charge in [-0.1, -0.05) is 11.6 Å². The van der Waals surface area contributed by atoms with E-state index in [1.807, 2.05) is 36.4 Å². The van der Waals surface area contributed by atoms with Crippen molar-refractivity contribution >= 4 is 44.9 Å². The summed E-state index contributed by atoms with van der Waals surface area (Å²) in [6.45, 7) is 4.17. The van der Waals surface area contributed by atoms with Gasteiger partial charge in [0.2, 0.25) is 5.88 Å². The zero-order chi connectivity index (χ0) is 18.8. The third-order valence-corrected chi connectivity index (χ3v) is 6.43. The Morgan fingerprint density at radius 2 is 1.93 bits per heavy atom. The molecule has 0 N–H and O–H groups in total. The van der Waals surface area contributed by atoms with Crippen LogP contribution in [0.15, 0.2) is 53.7 Å². The molecule has 0 amide bonds. The zero-order valence-electron chi connectivity index (χ0n) is 14.8. The first-order valence-electron chi connectivity index (χ1n) is 8.33. The predicted octanol–water partition coefficient (Wildman–Crippen LogP) is 6.44. The van der Waals surface area contributed by atoms with E-state index in [1.54, 1.807) is 35.5 Å². The van der Waals surface area contributed by atoms with E-state index < -0.39 is 0 Å². The Hall–Kier alpha value is -2.15. The number of halogens is 1. The van der Waals surface area contributed by atoms with Gasteiger partial charge in [0.05, 0.1) is 17.3 Å². The van der Waals surface area contributed by atoms with Gasteiger partial charge in [-0.15, -0.1) is 23.1 Å². The molecule has 1 aromatic carbocycles. The quantitative estimate of drug-likeness (QED) is 0.352. The lowest BCUT2D eigenvalue weighted by molar-refractivity contribution is 0.464. The van der Waals surface area contributed by atoms with Gasteiger partial charge < -0.3 is 4.74 Å². The van der Waals surface area contributed by atoms with Crippen molar-refractivity contribution in [1.29, 1.82) is 0 Å². The smallest absolute Gasteiger partial charge is 0.231 e. The normalized spacial score (nSPS) is 11.1. The van der Waals surface area contributed by atoms with Crippen LogP contribution < -0.4 is 4.74 Å². The lowest BCUT2D eigenvalue weighted by Crippen LogP contribution is -1.97. The molecule has 0 spiro atoms. The molecule has 4 nitrogen and oxygen atoms in total. The standard InChI is InChI=1S/C20H16ClN3OS2/c1-12-13(2)27-20-18(12)19(25-15-4-3-9-22-10-15)23-17(24-20)11-26-16-7-5-14(21)6-8-16/h3-10H,11H2,1-2H3. The minimum Gasteiger partial charge on any atom is -0.437 e. The maximum atomic E-state index is 6.06. The lowest BCUT2D eigenvalue weighted by Gasteiger charge is -2.08. The highest BCUT2D eigenvalue weighted by Gasteiger charge is 2.16. The van der Waals surface area contributed by atoms with Crippen LogP contribution in [0.4, 0.5) is 0 Å². The Labute approximate surface area is 170 Å². The van der Waals surface area contributed by atoms with Crippen LogP contribution in [-0.4, -0.2) is 15.0 Å². The fourth-order valence-electron chi connectivity index (χ4n) is 2.59. The maximum Gasteiger partial charge on any atom is 0.231 e. The highest BCUT2D eigenvalue weighted by atomic mass is 35.5. The summed E-state index contributed by atoms with van der Waals surface area (Å²) in [5.41, 5.74) is 1.16. The summed E-state index contributed by atoms with van der Waals surface area (Å²) in [7, 11) is 0. The largest absolute Gasteiger partial charge is 0.437 e. The minimum atomic E-state index is 0.585. The summed E-state index contributed by atoms with van der Waals surface area (Å²) in [4.78, 5) is 16.9. The summed E-state index contributed by atoms with van der Waals surface area (Å²) >= 11 is 9.29. The first kappa shape index (κ1) is 18.2. The second-order valence-electron chi connectivity index (χ2n) is 5.94. The number of aryl methyl sites for hydroxylation is 2. The molecule has 0 fully saturated rings. The molecule has 0 aliphatic heterocycles. The summed E-state index contributed by atoms with van der Waals surface area (Å²) in [5.74, 6) is 2.64. The van der Waals surface area contributed by atoms with Gasteiger partial charge in [-0.05, 0) is 55.8 Å². The van der Waals surface area contributed by atoms with E-state index in [0.717, 1.165) is 31.5 Å². The Morgan fingerprint density at radius 1 is 1.11 bits per heavy atom. The van der Waals surface area contributed by atoms with Crippen molar-refractivity contribution in [1.82, 2.24) is 15.0 Å². The van der Waals surface area contributed by atoms with Crippen molar-refractivity contribution in [2.45, 2.75) is 24.5 Å². The van der Waals surface area contributed by atoms with Crippen molar-refractivity contribution in [3.05, 3.63) is 70.1 Å². The van der Waals surface area contributed by atoms with E-state index in [4.69, 9.17) is 26.3 Å². The number of rotatable bonds is 5. The van der Waals surface area contributed by atoms with Gasteiger partial charge in [0, 0.05) is 21.0 Å². The highest BCUT2D eigenvalue weighted by Crippen LogP contribution is 2.37. The number of thioether (sulfide) groups is 1. The van der Waals surface area contributed by atoms with Crippen molar-refractivity contribution in [3.63, 3.8) is 0 Å². The van der Waals surface area contributed by atoms with Crippen molar-refractivity contribution < 1.29 is 4.74 Å². The Balaban J connectivity index is 1.68.